The molecule has 0 aliphatic heterocycles. The van der Waals surface area contributed by atoms with Crippen molar-refractivity contribution < 1.29 is 4.74 Å². The summed E-state index contributed by atoms with van der Waals surface area (Å²) in [5.74, 6) is 0.870. The minimum absolute atomic E-state index is 0.171. The summed E-state index contributed by atoms with van der Waals surface area (Å²) >= 11 is 3.41. The average molecular weight is 414 g/mol. The number of H-pyrrole nitrogens is 1. The molecule has 0 atom stereocenters. The Balaban J connectivity index is 1.67. The lowest BCUT2D eigenvalue weighted by molar-refractivity contribution is 0.306. The van der Waals surface area contributed by atoms with Crippen molar-refractivity contribution in [2.24, 2.45) is 5.10 Å². The van der Waals surface area contributed by atoms with Gasteiger partial charge in [0.15, 0.2) is 0 Å². The van der Waals surface area contributed by atoms with Crippen molar-refractivity contribution in [3.8, 4) is 5.75 Å². The van der Waals surface area contributed by atoms with Crippen LogP contribution in [0.3, 0.4) is 0 Å². The Hall–Kier alpha value is -3.00. The SMILES string of the molecule is Cc1nnc(N/N=C/c2ccccc2OCc2ccc(Br)cc2)[nH]c1=O. The number of anilines is 1. The Morgan fingerprint density at radius 1 is 1.19 bits per heavy atom. The number of aromatic nitrogens is 3. The van der Waals surface area contributed by atoms with Gasteiger partial charge in [-0.25, -0.2) is 5.43 Å². The fraction of sp³-hybridized carbons (Fsp3) is 0.111. The number of halogens is 1. The maximum absolute atomic E-state index is 11.5. The van der Waals surface area contributed by atoms with Gasteiger partial charge in [-0.3, -0.25) is 9.78 Å². The third kappa shape index (κ3) is 4.76. The van der Waals surface area contributed by atoms with Crippen LogP contribution in [0.15, 0.2) is 62.9 Å². The molecule has 1 aromatic heterocycles. The van der Waals surface area contributed by atoms with E-state index in [1.54, 1.807) is 13.1 Å². The Kier molecular flexibility index (Phi) is 5.75. The summed E-state index contributed by atoms with van der Waals surface area (Å²) in [6, 6.07) is 15.5. The van der Waals surface area contributed by atoms with Crippen molar-refractivity contribution in [3.05, 3.63) is 80.2 Å². The van der Waals surface area contributed by atoms with Crippen molar-refractivity contribution in [1.82, 2.24) is 15.2 Å². The molecule has 0 amide bonds. The van der Waals surface area contributed by atoms with Crippen molar-refractivity contribution in [3.63, 3.8) is 0 Å². The fourth-order valence-corrected chi connectivity index (χ4v) is 2.33. The molecule has 7 nitrogen and oxygen atoms in total. The van der Waals surface area contributed by atoms with E-state index < -0.39 is 0 Å². The number of nitrogens with zero attached hydrogens (tertiary/aromatic N) is 3. The first-order valence-electron chi connectivity index (χ1n) is 7.81. The van der Waals surface area contributed by atoms with Crippen LogP contribution < -0.4 is 15.7 Å². The second-order valence-electron chi connectivity index (χ2n) is 5.41. The van der Waals surface area contributed by atoms with Gasteiger partial charge < -0.3 is 4.74 Å². The van der Waals surface area contributed by atoms with Gasteiger partial charge in [0.25, 0.3) is 5.56 Å². The zero-order chi connectivity index (χ0) is 18.4. The molecule has 2 N–H and O–H groups in total. The predicted molar refractivity (Wildman–Crippen MR) is 104 cm³/mol. The van der Waals surface area contributed by atoms with Gasteiger partial charge >= 0.3 is 0 Å². The van der Waals surface area contributed by atoms with Crippen LogP contribution in [-0.4, -0.2) is 21.4 Å². The van der Waals surface area contributed by atoms with Crippen LogP contribution in [0, 0.1) is 6.92 Å². The molecule has 0 aliphatic carbocycles. The maximum atomic E-state index is 11.5. The molecule has 0 spiro atoms. The topological polar surface area (TPSA) is 92.3 Å². The molecular weight excluding hydrogens is 398 g/mol. The van der Waals surface area contributed by atoms with Crippen LogP contribution in [0.4, 0.5) is 5.95 Å². The van der Waals surface area contributed by atoms with E-state index >= 15 is 0 Å². The van der Waals surface area contributed by atoms with E-state index in [-0.39, 0.29) is 11.5 Å². The summed E-state index contributed by atoms with van der Waals surface area (Å²) in [6.07, 6.45) is 1.59. The number of rotatable bonds is 6. The van der Waals surface area contributed by atoms with Crippen LogP contribution in [0.25, 0.3) is 0 Å². The van der Waals surface area contributed by atoms with Gasteiger partial charge in [0.2, 0.25) is 5.95 Å². The van der Waals surface area contributed by atoms with Crippen LogP contribution in [0.1, 0.15) is 16.8 Å². The highest BCUT2D eigenvalue weighted by molar-refractivity contribution is 9.10. The van der Waals surface area contributed by atoms with Crippen molar-refractivity contribution in [2.45, 2.75) is 13.5 Å². The molecule has 3 rings (SSSR count). The van der Waals surface area contributed by atoms with E-state index in [4.69, 9.17) is 4.74 Å². The number of benzene rings is 2. The van der Waals surface area contributed by atoms with E-state index in [1.807, 2.05) is 48.5 Å². The van der Waals surface area contributed by atoms with E-state index in [2.05, 4.69) is 41.6 Å². The number of hydrogen-bond acceptors (Lipinski definition) is 6. The molecule has 132 valence electrons. The van der Waals surface area contributed by atoms with Crippen molar-refractivity contribution in [2.75, 3.05) is 5.43 Å². The van der Waals surface area contributed by atoms with E-state index in [0.717, 1.165) is 15.6 Å². The number of aromatic amines is 1. The molecule has 0 aliphatic rings. The van der Waals surface area contributed by atoms with Gasteiger partial charge in [-0.1, -0.05) is 40.2 Å². The number of hydrazone groups is 1. The first kappa shape index (κ1) is 17.8. The zero-order valence-corrected chi connectivity index (χ0v) is 15.5. The largest absolute Gasteiger partial charge is 0.488 e. The summed E-state index contributed by atoms with van der Waals surface area (Å²) in [6.45, 7) is 2.03. The minimum Gasteiger partial charge on any atom is -0.488 e. The maximum Gasteiger partial charge on any atom is 0.274 e. The number of hydrogen-bond donors (Lipinski definition) is 2. The first-order valence-corrected chi connectivity index (χ1v) is 8.60. The third-order valence-corrected chi connectivity index (χ3v) is 3.99. The molecule has 2 aromatic carbocycles. The average Bonchev–Trinajstić information content (AvgIpc) is 2.65. The second kappa shape index (κ2) is 8.39. The number of para-hydroxylation sites is 1. The number of ether oxygens (including phenoxy) is 1. The van der Waals surface area contributed by atoms with Crippen LogP contribution in [0.2, 0.25) is 0 Å². The van der Waals surface area contributed by atoms with E-state index in [0.29, 0.717) is 18.1 Å². The Morgan fingerprint density at radius 2 is 1.96 bits per heavy atom. The highest BCUT2D eigenvalue weighted by atomic mass is 79.9. The van der Waals surface area contributed by atoms with E-state index in [1.165, 1.54) is 0 Å². The monoisotopic (exact) mass is 413 g/mol. The van der Waals surface area contributed by atoms with Crippen LogP contribution >= 0.6 is 15.9 Å². The van der Waals surface area contributed by atoms with Crippen LogP contribution in [0.5, 0.6) is 5.75 Å². The van der Waals surface area contributed by atoms with Gasteiger partial charge in [-0.2, -0.15) is 5.10 Å². The van der Waals surface area contributed by atoms with Gasteiger partial charge in [0.1, 0.15) is 18.1 Å². The van der Waals surface area contributed by atoms with E-state index in [9.17, 15) is 4.79 Å². The minimum atomic E-state index is -0.309. The van der Waals surface area contributed by atoms with Crippen molar-refractivity contribution in [1.29, 1.82) is 0 Å². The normalized spacial score (nSPS) is 10.8. The quantitative estimate of drug-likeness (QED) is 0.477. The summed E-state index contributed by atoms with van der Waals surface area (Å²) < 4.78 is 6.91. The lowest BCUT2D eigenvalue weighted by Gasteiger charge is -2.09. The molecule has 26 heavy (non-hydrogen) atoms. The molecular formula is C18H16BrN5O2. The molecule has 0 radical (unpaired) electrons. The highest BCUT2D eigenvalue weighted by Gasteiger charge is 2.02. The molecule has 0 saturated carbocycles. The predicted octanol–water partition coefficient (Wildman–Crippen LogP) is 3.26. The second-order valence-corrected chi connectivity index (χ2v) is 6.33. The number of aryl methyl sites for hydroxylation is 1. The summed E-state index contributed by atoms with van der Waals surface area (Å²) in [5, 5.41) is 11.6. The smallest absolute Gasteiger partial charge is 0.274 e. The fourth-order valence-electron chi connectivity index (χ4n) is 2.07. The zero-order valence-electron chi connectivity index (χ0n) is 13.9. The van der Waals surface area contributed by atoms with Gasteiger partial charge in [0.05, 0.1) is 6.21 Å². The molecule has 1 heterocycles. The standard InChI is InChI=1S/C18H16BrN5O2/c1-12-17(25)21-18(24-22-12)23-20-10-14-4-2-3-5-16(14)26-11-13-6-8-15(19)9-7-13/h2-10H,11H2,1H3,(H2,21,23,24,25)/b20-10+. The summed E-state index contributed by atoms with van der Waals surface area (Å²) in [4.78, 5) is 14.0. The molecule has 8 heteroatoms. The first-order chi connectivity index (χ1) is 12.6. The highest BCUT2D eigenvalue weighted by Crippen LogP contribution is 2.18. The lowest BCUT2D eigenvalue weighted by Crippen LogP contribution is -2.15. The summed E-state index contributed by atoms with van der Waals surface area (Å²) in [5.41, 5.74) is 4.49. The number of nitrogens with one attached hydrogen (secondary N) is 2. The Bertz CT molecular complexity index is 970. The Morgan fingerprint density at radius 3 is 2.73 bits per heavy atom. The summed E-state index contributed by atoms with van der Waals surface area (Å²) in [7, 11) is 0. The lowest BCUT2D eigenvalue weighted by atomic mass is 10.2. The third-order valence-electron chi connectivity index (χ3n) is 3.46. The van der Waals surface area contributed by atoms with Crippen molar-refractivity contribution >= 4 is 28.1 Å². The molecule has 0 bridgehead atoms. The molecule has 0 fully saturated rings. The molecule has 0 unspecified atom stereocenters. The van der Waals surface area contributed by atoms with Gasteiger partial charge in [-0.05, 0) is 36.8 Å². The molecule has 3 aromatic rings. The van der Waals surface area contributed by atoms with Crippen LogP contribution in [-0.2, 0) is 6.61 Å². The molecule has 0 saturated heterocycles. The van der Waals surface area contributed by atoms with Gasteiger partial charge in [0, 0.05) is 10.0 Å². The van der Waals surface area contributed by atoms with Gasteiger partial charge in [-0.15, -0.1) is 10.2 Å². The Labute approximate surface area is 158 Å².